The summed E-state index contributed by atoms with van der Waals surface area (Å²) in [5, 5.41) is 2.99. The Hall–Kier alpha value is -1.26. The van der Waals surface area contributed by atoms with Crippen molar-refractivity contribution in [3.05, 3.63) is 29.8 Å². The molecular weight excluding hydrogens is 300 g/mol. The molecule has 1 amide bonds. The molecule has 3 N–H and O–H groups in total. The third-order valence-electron chi connectivity index (χ3n) is 4.11. The van der Waals surface area contributed by atoms with E-state index in [9.17, 15) is 4.79 Å². The second-order valence-corrected chi connectivity index (χ2v) is 5.77. The lowest BCUT2D eigenvalue weighted by Gasteiger charge is -2.27. The molecule has 1 saturated carbocycles. The van der Waals surface area contributed by atoms with Crippen molar-refractivity contribution in [3.63, 3.8) is 0 Å². The van der Waals surface area contributed by atoms with E-state index in [2.05, 4.69) is 5.32 Å². The molecule has 0 bridgehead atoms. The Bertz CT molecular complexity index is 468. The van der Waals surface area contributed by atoms with E-state index < -0.39 is 0 Å². The Morgan fingerprint density at radius 3 is 2.86 bits per heavy atom. The lowest BCUT2D eigenvalue weighted by molar-refractivity contribution is -0.122. The van der Waals surface area contributed by atoms with Gasteiger partial charge < -0.3 is 15.8 Å². The maximum atomic E-state index is 12.0. The largest absolute Gasteiger partial charge is 0.494 e. The van der Waals surface area contributed by atoms with Gasteiger partial charge in [-0.25, -0.2) is 0 Å². The molecule has 1 aromatic carbocycles. The van der Waals surface area contributed by atoms with Crippen LogP contribution in [0, 0.1) is 5.92 Å². The molecule has 5 heteroatoms. The average molecular weight is 327 g/mol. The Balaban J connectivity index is 0.00000242. The van der Waals surface area contributed by atoms with Crippen LogP contribution in [0.2, 0.25) is 0 Å². The van der Waals surface area contributed by atoms with Gasteiger partial charge in [0.25, 0.3) is 0 Å². The number of carbonyl (C=O) groups excluding carboxylic acids is 1. The molecule has 22 heavy (non-hydrogen) atoms. The minimum atomic E-state index is 0. The summed E-state index contributed by atoms with van der Waals surface area (Å²) in [6, 6.07) is 8.02. The molecule has 0 spiro atoms. The highest BCUT2D eigenvalue weighted by Gasteiger charge is 2.23. The van der Waals surface area contributed by atoms with Gasteiger partial charge in [-0.1, -0.05) is 25.0 Å². The summed E-state index contributed by atoms with van der Waals surface area (Å²) in [5.41, 5.74) is 7.15. The maximum Gasteiger partial charge on any atom is 0.220 e. The van der Waals surface area contributed by atoms with E-state index >= 15 is 0 Å². The molecule has 4 nitrogen and oxygen atoms in total. The van der Waals surface area contributed by atoms with Crippen LogP contribution in [0.25, 0.3) is 0 Å². The molecule has 1 aromatic rings. The number of benzene rings is 1. The molecule has 2 rings (SSSR count). The molecule has 1 aliphatic carbocycles. The lowest BCUT2D eigenvalue weighted by Crippen LogP contribution is -2.36. The molecule has 124 valence electrons. The van der Waals surface area contributed by atoms with E-state index in [4.69, 9.17) is 10.5 Å². The average Bonchev–Trinajstić information content (AvgIpc) is 2.48. The van der Waals surface area contributed by atoms with Crippen molar-refractivity contribution >= 4 is 18.3 Å². The van der Waals surface area contributed by atoms with Crippen LogP contribution in [0.4, 0.5) is 0 Å². The molecule has 2 atom stereocenters. The first kappa shape index (κ1) is 18.8. The predicted molar refractivity (Wildman–Crippen MR) is 91.3 cm³/mol. The molecule has 0 heterocycles. The summed E-state index contributed by atoms with van der Waals surface area (Å²) >= 11 is 0. The first-order chi connectivity index (χ1) is 10.2. The topological polar surface area (TPSA) is 64.3 Å². The van der Waals surface area contributed by atoms with Crippen LogP contribution in [0.1, 0.15) is 44.6 Å². The van der Waals surface area contributed by atoms with Gasteiger partial charge >= 0.3 is 0 Å². The number of amides is 1. The zero-order chi connectivity index (χ0) is 15.1. The minimum absolute atomic E-state index is 0. The van der Waals surface area contributed by atoms with Gasteiger partial charge in [0.05, 0.1) is 6.61 Å². The van der Waals surface area contributed by atoms with Gasteiger partial charge in [0.2, 0.25) is 5.91 Å². The van der Waals surface area contributed by atoms with Gasteiger partial charge in [0.1, 0.15) is 5.75 Å². The smallest absolute Gasteiger partial charge is 0.220 e. The summed E-state index contributed by atoms with van der Waals surface area (Å²) in [6.45, 7) is 3.15. The van der Waals surface area contributed by atoms with E-state index in [1.165, 1.54) is 12.8 Å². The molecule has 0 aliphatic heterocycles. The van der Waals surface area contributed by atoms with Gasteiger partial charge in [-0.15, -0.1) is 12.4 Å². The molecule has 0 saturated heterocycles. The summed E-state index contributed by atoms with van der Waals surface area (Å²) in [6.07, 6.45) is 5.07. The van der Waals surface area contributed by atoms with Crippen LogP contribution in [-0.4, -0.2) is 18.6 Å². The highest BCUT2D eigenvalue weighted by Crippen LogP contribution is 2.25. The minimum Gasteiger partial charge on any atom is -0.494 e. The van der Waals surface area contributed by atoms with Crippen molar-refractivity contribution in [2.45, 2.75) is 51.6 Å². The van der Waals surface area contributed by atoms with Gasteiger partial charge in [-0.3, -0.25) is 4.79 Å². The van der Waals surface area contributed by atoms with Gasteiger partial charge in [0, 0.05) is 19.0 Å². The van der Waals surface area contributed by atoms with Crippen molar-refractivity contribution in [1.29, 1.82) is 0 Å². The fourth-order valence-corrected chi connectivity index (χ4v) is 2.91. The molecule has 0 radical (unpaired) electrons. The van der Waals surface area contributed by atoms with Crippen LogP contribution < -0.4 is 15.8 Å². The fraction of sp³-hybridized carbons (Fsp3) is 0.588. The molecule has 2 unspecified atom stereocenters. The SMILES string of the molecule is CCOc1cccc(CNC(=O)CC2CCCCC2N)c1.Cl. The summed E-state index contributed by atoms with van der Waals surface area (Å²) in [7, 11) is 0. The third-order valence-corrected chi connectivity index (χ3v) is 4.11. The number of ether oxygens (including phenoxy) is 1. The maximum absolute atomic E-state index is 12.0. The van der Waals surface area contributed by atoms with Crippen LogP contribution in [-0.2, 0) is 11.3 Å². The fourth-order valence-electron chi connectivity index (χ4n) is 2.91. The van der Waals surface area contributed by atoms with E-state index in [0.29, 0.717) is 25.5 Å². The Morgan fingerprint density at radius 1 is 1.36 bits per heavy atom. The van der Waals surface area contributed by atoms with Crippen LogP contribution >= 0.6 is 12.4 Å². The van der Waals surface area contributed by atoms with Crippen molar-refractivity contribution < 1.29 is 9.53 Å². The quantitative estimate of drug-likeness (QED) is 0.844. The normalized spacial score (nSPS) is 20.8. The van der Waals surface area contributed by atoms with E-state index in [1.807, 2.05) is 31.2 Å². The molecule has 1 aliphatic rings. The summed E-state index contributed by atoms with van der Waals surface area (Å²) in [4.78, 5) is 12.0. The molecule has 0 aromatic heterocycles. The number of hydrogen-bond acceptors (Lipinski definition) is 3. The summed E-state index contributed by atoms with van der Waals surface area (Å²) in [5.74, 6) is 1.28. The summed E-state index contributed by atoms with van der Waals surface area (Å²) < 4.78 is 5.46. The van der Waals surface area contributed by atoms with Crippen molar-refractivity contribution in [2.24, 2.45) is 11.7 Å². The second-order valence-electron chi connectivity index (χ2n) is 5.77. The molecule has 1 fully saturated rings. The van der Waals surface area contributed by atoms with E-state index in [0.717, 1.165) is 24.2 Å². The highest BCUT2D eigenvalue weighted by molar-refractivity contribution is 5.85. The first-order valence-electron chi connectivity index (χ1n) is 7.93. The van der Waals surface area contributed by atoms with E-state index in [-0.39, 0.29) is 24.4 Å². The zero-order valence-corrected chi connectivity index (χ0v) is 14.0. The Morgan fingerprint density at radius 2 is 2.14 bits per heavy atom. The van der Waals surface area contributed by atoms with E-state index in [1.54, 1.807) is 0 Å². The zero-order valence-electron chi connectivity index (χ0n) is 13.2. The number of halogens is 1. The van der Waals surface area contributed by atoms with Crippen molar-refractivity contribution in [1.82, 2.24) is 5.32 Å². The van der Waals surface area contributed by atoms with Gasteiger partial charge in [-0.2, -0.15) is 0 Å². The van der Waals surface area contributed by atoms with Gasteiger partial charge in [-0.05, 0) is 43.4 Å². The number of hydrogen-bond donors (Lipinski definition) is 2. The molecular formula is C17H27ClN2O2. The predicted octanol–water partition coefficient (Wildman–Crippen LogP) is 3.03. The number of nitrogens with two attached hydrogens (primary N) is 1. The van der Waals surface area contributed by atoms with Crippen LogP contribution in [0.15, 0.2) is 24.3 Å². The van der Waals surface area contributed by atoms with Crippen LogP contribution in [0.5, 0.6) is 5.75 Å². The first-order valence-corrected chi connectivity index (χ1v) is 7.93. The highest BCUT2D eigenvalue weighted by atomic mass is 35.5. The third kappa shape index (κ3) is 5.85. The van der Waals surface area contributed by atoms with Gasteiger partial charge in [0.15, 0.2) is 0 Å². The van der Waals surface area contributed by atoms with Crippen molar-refractivity contribution in [2.75, 3.05) is 6.61 Å². The monoisotopic (exact) mass is 326 g/mol. The standard InChI is InChI=1S/C17H26N2O2.ClH/c1-2-21-15-8-5-6-13(10-15)12-19-17(20)11-14-7-3-4-9-16(14)18;/h5-6,8,10,14,16H,2-4,7,9,11-12,18H2,1H3,(H,19,20);1H. The van der Waals surface area contributed by atoms with Crippen LogP contribution in [0.3, 0.4) is 0 Å². The number of carbonyl (C=O) groups is 1. The number of rotatable bonds is 6. The number of nitrogens with one attached hydrogen (secondary N) is 1. The Labute approximate surface area is 139 Å². The Kier molecular flexibility index (Phi) is 8.28. The van der Waals surface area contributed by atoms with Crippen molar-refractivity contribution in [3.8, 4) is 5.75 Å². The second kappa shape index (κ2) is 9.70. The lowest BCUT2D eigenvalue weighted by atomic mass is 9.83.